The third-order valence-corrected chi connectivity index (χ3v) is 7.43. The first kappa shape index (κ1) is 18.5. The molecule has 8 nitrogen and oxygen atoms in total. The maximum atomic E-state index is 12.5. The summed E-state index contributed by atoms with van der Waals surface area (Å²) < 4.78 is 6.59. The predicted octanol–water partition coefficient (Wildman–Crippen LogP) is 0.483. The van der Waals surface area contributed by atoms with Gasteiger partial charge in [0.1, 0.15) is 24.1 Å². The molecule has 4 bridgehead atoms. The summed E-state index contributed by atoms with van der Waals surface area (Å²) >= 11 is 0. The van der Waals surface area contributed by atoms with E-state index in [4.69, 9.17) is 4.74 Å². The van der Waals surface area contributed by atoms with E-state index >= 15 is 0 Å². The number of nitrogens with one attached hydrogen (secondary N) is 1. The molecule has 154 valence electrons. The number of aromatic nitrogens is 2. The summed E-state index contributed by atoms with van der Waals surface area (Å²) in [5.74, 6) is 3.16. The van der Waals surface area contributed by atoms with Crippen LogP contribution in [0.3, 0.4) is 0 Å². The Morgan fingerprint density at radius 1 is 1.14 bits per heavy atom. The van der Waals surface area contributed by atoms with E-state index in [1.165, 1.54) is 49.3 Å². The molecule has 4 saturated carbocycles. The van der Waals surface area contributed by atoms with Crippen LogP contribution in [0.4, 0.5) is 5.82 Å². The molecule has 5 aliphatic rings. The maximum Gasteiger partial charge on any atom is 0.351 e. The molecule has 4 atom stereocenters. The number of hydrogen-bond donors (Lipinski definition) is 4. The maximum absolute atomic E-state index is 12.5. The highest BCUT2D eigenvalue weighted by Gasteiger charge is 2.50. The monoisotopic (exact) mass is 391 g/mol. The second-order valence-corrected chi connectivity index (χ2v) is 9.50. The Bertz CT molecular complexity index is 761. The van der Waals surface area contributed by atoms with Gasteiger partial charge in [0.05, 0.1) is 6.61 Å². The molecule has 5 fully saturated rings. The van der Waals surface area contributed by atoms with E-state index in [1.807, 2.05) is 0 Å². The molecule has 4 aliphatic carbocycles. The standard InChI is InChI=1S/C20H29N3O5/c24-9-14-16(25)17(26)18(28-14)23-2-1-15(22-19(23)27)21-10-20-6-11-3-12(7-20)5-13(4-11)8-20/h1-2,11-14,16-18,24-26H,3-10H2,(H,21,22,27)/t11?,12?,13?,14-,16+,17+,18-,20?/m0/s1. The quantitative estimate of drug-likeness (QED) is 0.577. The van der Waals surface area contributed by atoms with Crippen molar-refractivity contribution in [3.05, 3.63) is 22.7 Å². The first-order valence-electron chi connectivity index (χ1n) is 10.4. The van der Waals surface area contributed by atoms with Gasteiger partial charge in [-0.15, -0.1) is 0 Å². The third-order valence-electron chi connectivity index (χ3n) is 7.43. The Balaban J connectivity index is 1.28. The Morgan fingerprint density at radius 3 is 2.32 bits per heavy atom. The van der Waals surface area contributed by atoms with Crippen LogP contribution in [0.5, 0.6) is 0 Å². The summed E-state index contributed by atoms with van der Waals surface area (Å²) in [6, 6.07) is 1.71. The van der Waals surface area contributed by atoms with Crippen molar-refractivity contribution in [1.82, 2.24) is 9.55 Å². The van der Waals surface area contributed by atoms with Gasteiger partial charge in [-0.2, -0.15) is 4.98 Å². The zero-order valence-electron chi connectivity index (χ0n) is 15.9. The van der Waals surface area contributed by atoms with Crippen LogP contribution in [-0.2, 0) is 4.74 Å². The van der Waals surface area contributed by atoms with Crippen molar-refractivity contribution in [1.29, 1.82) is 0 Å². The Kier molecular flexibility index (Phi) is 4.50. The summed E-state index contributed by atoms with van der Waals surface area (Å²) in [7, 11) is 0. The summed E-state index contributed by atoms with van der Waals surface area (Å²) in [5, 5.41) is 32.6. The van der Waals surface area contributed by atoms with E-state index in [-0.39, 0.29) is 0 Å². The number of ether oxygens (including phenoxy) is 1. The van der Waals surface area contributed by atoms with Gasteiger partial charge in [-0.1, -0.05) is 0 Å². The molecule has 1 aromatic heterocycles. The first-order valence-corrected chi connectivity index (χ1v) is 10.4. The predicted molar refractivity (Wildman–Crippen MR) is 101 cm³/mol. The van der Waals surface area contributed by atoms with Crippen molar-refractivity contribution in [2.75, 3.05) is 18.5 Å². The van der Waals surface area contributed by atoms with E-state index in [2.05, 4.69) is 10.3 Å². The Hall–Kier alpha value is -1.48. The molecule has 28 heavy (non-hydrogen) atoms. The second-order valence-electron chi connectivity index (χ2n) is 9.50. The fourth-order valence-corrected chi connectivity index (χ4v) is 6.60. The van der Waals surface area contributed by atoms with Gasteiger partial charge in [0.2, 0.25) is 0 Å². The number of anilines is 1. The minimum absolute atomic E-state index is 0.342. The van der Waals surface area contributed by atoms with Gasteiger partial charge >= 0.3 is 5.69 Å². The number of hydrogen-bond acceptors (Lipinski definition) is 7. The summed E-state index contributed by atoms with van der Waals surface area (Å²) in [6.45, 7) is 0.419. The fourth-order valence-electron chi connectivity index (χ4n) is 6.60. The van der Waals surface area contributed by atoms with E-state index in [0.29, 0.717) is 11.2 Å². The third kappa shape index (κ3) is 3.07. The molecule has 1 aromatic rings. The van der Waals surface area contributed by atoms with Gasteiger partial charge in [-0.3, -0.25) is 4.57 Å². The lowest BCUT2D eigenvalue weighted by molar-refractivity contribution is -0.0549. The second kappa shape index (κ2) is 6.79. The SMILES string of the molecule is O=c1nc(NCC23CC4CC(CC(C4)C2)C3)ccn1[C@H]1O[C@@H](CO)[C@@H](O)[C@H]1O. The van der Waals surface area contributed by atoms with Gasteiger partial charge in [0, 0.05) is 12.7 Å². The molecule has 2 heterocycles. The smallest absolute Gasteiger partial charge is 0.351 e. The molecule has 0 spiro atoms. The van der Waals surface area contributed by atoms with Gasteiger partial charge in [-0.25, -0.2) is 4.79 Å². The number of nitrogens with zero attached hydrogens (tertiary/aromatic N) is 2. The van der Waals surface area contributed by atoms with Gasteiger partial charge in [-0.05, 0) is 67.8 Å². The normalized spacial score (nSPS) is 44.2. The van der Waals surface area contributed by atoms with E-state index in [9.17, 15) is 20.1 Å². The highest BCUT2D eigenvalue weighted by atomic mass is 16.6. The average molecular weight is 391 g/mol. The van der Waals surface area contributed by atoms with Crippen LogP contribution in [0.2, 0.25) is 0 Å². The lowest BCUT2D eigenvalue weighted by atomic mass is 9.49. The molecule has 0 aromatic carbocycles. The molecule has 0 unspecified atom stereocenters. The zero-order valence-corrected chi connectivity index (χ0v) is 15.9. The lowest BCUT2D eigenvalue weighted by Crippen LogP contribution is -2.49. The average Bonchev–Trinajstić information content (AvgIpc) is 2.94. The van der Waals surface area contributed by atoms with Gasteiger partial charge in [0.15, 0.2) is 6.23 Å². The molecular formula is C20H29N3O5. The highest BCUT2D eigenvalue weighted by Crippen LogP contribution is 2.59. The molecule has 4 N–H and O–H groups in total. The van der Waals surface area contributed by atoms with Crippen molar-refractivity contribution in [2.45, 2.75) is 63.1 Å². The van der Waals surface area contributed by atoms with E-state index in [1.54, 1.807) is 6.07 Å². The highest BCUT2D eigenvalue weighted by molar-refractivity contribution is 5.32. The first-order chi connectivity index (χ1) is 13.5. The van der Waals surface area contributed by atoms with Crippen molar-refractivity contribution in [3.63, 3.8) is 0 Å². The van der Waals surface area contributed by atoms with E-state index < -0.39 is 36.8 Å². The van der Waals surface area contributed by atoms with Crippen LogP contribution in [0.15, 0.2) is 17.1 Å². The lowest BCUT2D eigenvalue weighted by Gasteiger charge is -2.57. The van der Waals surface area contributed by atoms with Gasteiger partial charge in [0.25, 0.3) is 0 Å². The van der Waals surface area contributed by atoms with Crippen LogP contribution < -0.4 is 11.0 Å². The van der Waals surface area contributed by atoms with Crippen molar-refractivity contribution >= 4 is 5.82 Å². The zero-order chi connectivity index (χ0) is 19.5. The van der Waals surface area contributed by atoms with Crippen LogP contribution >= 0.6 is 0 Å². The number of aliphatic hydroxyl groups is 3. The summed E-state index contributed by atoms with van der Waals surface area (Å²) in [6.07, 6.45) is 5.08. The fraction of sp³-hybridized carbons (Fsp3) is 0.800. The van der Waals surface area contributed by atoms with E-state index in [0.717, 1.165) is 24.3 Å². The minimum atomic E-state index is -1.29. The molecular weight excluding hydrogens is 362 g/mol. The van der Waals surface area contributed by atoms with Crippen LogP contribution in [0.25, 0.3) is 0 Å². The summed E-state index contributed by atoms with van der Waals surface area (Å²) in [5.41, 5.74) is -0.209. The Morgan fingerprint density at radius 2 is 1.79 bits per heavy atom. The van der Waals surface area contributed by atoms with Crippen molar-refractivity contribution in [2.24, 2.45) is 23.2 Å². The van der Waals surface area contributed by atoms with Crippen LogP contribution in [0, 0.1) is 23.2 Å². The van der Waals surface area contributed by atoms with Gasteiger partial charge < -0.3 is 25.4 Å². The molecule has 8 heteroatoms. The van der Waals surface area contributed by atoms with Crippen LogP contribution in [0.1, 0.15) is 44.8 Å². The summed E-state index contributed by atoms with van der Waals surface area (Å²) in [4.78, 5) is 16.6. The topological polar surface area (TPSA) is 117 Å². The molecule has 0 radical (unpaired) electrons. The molecule has 0 amide bonds. The molecule has 1 saturated heterocycles. The minimum Gasteiger partial charge on any atom is -0.394 e. The number of aliphatic hydroxyl groups excluding tert-OH is 3. The van der Waals surface area contributed by atoms with Crippen LogP contribution in [-0.4, -0.2) is 56.3 Å². The van der Waals surface area contributed by atoms with Crippen molar-refractivity contribution < 1.29 is 20.1 Å². The van der Waals surface area contributed by atoms with Crippen molar-refractivity contribution in [3.8, 4) is 0 Å². The molecule has 1 aliphatic heterocycles. The Labute approximate surface area is 163 Å². The molecule has 6 rings (SSSR count). The number of rotatable bonds is 5. The largest absolute Gasteiger partial charge is 0.394 e.